The second-order valence-electron chi connectivity index (χ2n) is 8.66. The number of amides is 1. The zero-order valence-electron chi connectivity index (χ0n) is 19.9. The highest BCUT2D eigenvalue weighted by Crippen LogP contribution is 2.37. The Kier molecular flexibility index (Phi) is 7.77. The topological polar surface area (TPSA) is 50.7 Å². The maximum Gasteiger partial charge on any atom is 0.264 e. The molecule has 5 rings (SSSR count). The Labute approximate surface area is 241 Å². The fourth-order valence-corrected chi connectivity index (χ4v) is 6.08. The molecule has 0 spiro atoms. The van der Waals surface area contributed by atoms with Crippen LogP contribution in [0.5, 0.6) is 5.75 Å². The Morgan fingerprint density at radius 3 is 2.46 bits per heavy atom. The molecule has 1 saturated heterocycles. The Hall–Kier alpha value is -2.58. The molecule has 0 aromatic heterocycles. The van der Waals surface area contributed by atoms with Crippen LogP contribution in [0.15, 0.2) is 85.6 Å². The lowest BCUT2D eigenvalue weighted by molar-refractivity contribution is -0.115. The summed E-state index contributed by atoms with van der Waals surface area (Å²) in [6.07, 6.45) is 1.80. The summed E-state index contributed by atoms with van der Waals surface area (Å²) in [5, 5.41) is 6.19. The molecule has 0 atom stereocenters. The van der Waals surface area contributed by atoms with Crippen molar-refractivity contribution in [3.63, 3.8) is 0 Å². The van der Waals surface area contributed by atoms with Crippen molar-refractivity contribution in [1.82, 2.24) is 5.32 Å². The van der Waals surface area contributed by atoms with Crippen molar-refractivity contribution in [2.45, 2.75) is 20.5 Å². The van der Waals surface area contributed by atoms with Crippen LogP contribution in [0.25, 0.3) is 16.8 Å². The number of rotatable bonds is 5. The molecule has 0 bridgehead atoms. The summed E-state index contributed by atoms with van der Waals surface area (Å²) < 4.78 is 7.83. The van der Waals surface area contributed by atoms with Gasteiger partial charge >= 0.3 is 0 Å². The summed E-state index contributed by atoms with van der Waals surface area (Å²) in [5.41, 5.74) is 4.80. The van der Waals surface area contributed by atoms with Gasteiger partial charge in [0, 0.05) is 4.47 Å². The molecule has 37 heavy (non-hydrogen) atoms. The van der Waals surface area contributed by atoms with Gasteiger partial charge in [0.25, 0.3) is 5.91 Å². The maximum atomic E-state index is 12.6. The van der Waals surface area contributed by atoms with E-state index in [1.807, 2.05) is 44.2 Å². The van der Waals surface area contributed by atoms with E-state index in [-0.39, 0.29) is 5.91 Å². The molecule has 4 aromatic carbocycles. The van der Waals surface area contributed by atoms with E-state index in [1.165, 1.54) is 17.1 Å². The first-order chi connectivity index (χ1) is 17.8. The molecule has 1 heterocycles. The second kappa shape index (κ2) is 11.0. The van der Waals surface area contributed by atoms with Crippen molar-refractivity contribution in [2.75, 3.05) is 0 Å². The molecule has 1 aliphatic heterocycles. The molecule has 1 fully saturated rings. The minimum Gasteiger partial charge on any atom is -0.486 e. The zero-order chi connectivity index (χ0) is 26.1. The standard InChI is InChI=1S/C29H21Br2ClN2O2S/c1-16-9-22(10-17(2)26(16)31)33-29-34-28(35)25(37-29)14-19-12-23(30)27(24(32)13-19)36-15-18-7-8-20-5-3-4-6-21(20)11-18/h3-14H,15H2,1-2H3,(H,33,34,35)/b25-14-. The van der Waals surface area contributed by atoms with Gasteiger partial charge in [-0.3, -0.25) is 4.79 Å². The number of carbonyl (C=O) groups is 1. The summed E-state index contributed by atoms with van der Waals surface area (Å²) in [6.45, 7) is 4.42. The highest BCUT2D eigenvalue weighted by atomic mass is 79.9. The van der Waals surface area contributed by atoms with E-state index in [0.29, 0.717) is 31.9 Å². The molecule has 4 nitrogen and oxygen atoms in total. The van der Waals surface area contributed by atoms with Crippen molar-refractivity contribution in [1.29, 1.82) is 0 Å². The number of aliphatic imine (C=N–C) groups is 1. The SMILES string of the molecule is Cc1cc(N=C2NC(=O)/C(=C/c3cc(Cl)c(OCc4ccc5ccccc5c4)c(Br)c3)S2)cc(C)c1Br. The average Bonchev–Trinajstić information content (AvgIpc) is 3.19. The van der Waals surface area contributed by atoms with Crippen molar-refractivity contribution < 1.29 is 9.53 Å². The Bertz CT molecular complexity index is 1570. The van der Waals surface area contributed by atoms with Crippen LogP contribution >= 0.6 is 55.2 Å². The Morgan fingerprint density at radius 1 is 1.00 bits per heavy atom. The van der Waals surface area contributed by atoms with Crippen LogP contribution < -0.4 is 10.1 Å². The van der Waals surface area contributed by atoms with E-state index in [2.05, 4.69) is 72.5 Å². The number of carbonyl (C=O) groups excluding carboxylic acids is 1. The van der Waals surface area contributed by atoms with Gasteiger partial charge in [-0.25, -0.2) is 4.99 Å². The van der Waals surface area contributed by atoms with Crippen molar-refractivity contribution in [2.24, 2.45) is 4.99 Å². The van der Waals surface area contributed by atoms with Crippen LogP contribution in [0.2, 0.25) is 5.02 Å². The summed E-state index contributed by atoms with van der Waals surface area (Å²) in [4.78, 5) is 17.8. The van der Waals surface area contributed by atoms with Crippen LogP contribution in [0.3, 0.4) is 0 Å². The van der Waals surface area contributed by atoms with Crippen LogP contribution in [0.1, 0.15) is 22.3 Å². The molecule has 0 radical (unpaired) electrons. The van der Waals surface area contributed by atoms with Crippen LogP contribution in [0.4, 0.5) is 5.69 Å². The molecule has 0 aliphatic carbocycles. The van der Waals surface area contributed by atoms with Gasteiger partial charge in [-0.1, -0.05) is 63.9 Å². The molecule has 186 valence electrons. The molecule has 8 heteroatoms. The van der Waals surface area contributed by atoms with Gasteiger partial charge < -0.3 is 10.1 Å². The third-order valence-electron chi connectivity index (χ3n) is 5.82. The largest absolute Gasteiger partial charge is 0.486 e. The highest BCUT2D eigenvalue weighted by Gasteiger charge is 2.24. The second-order valence-corrected chi connectivity index (χ2v) is 11.7. The van der Waals surface area contributed by atoms with E-state index in [4.69, 9.17) is 16.3 Å². The average molecular weight is 657 g/mol. The molecule has 0 saturated carbocycles. The zero-order valence-corrected chi connectivity index (χ0v) is 24.7. The quantitative estimate of drug-likeness (QED) is 0.218. The lowest BCUT2D eigenvalue weighted by atomic mass is 10.1. The van der Waals surface area contributed by atoms with Crippen LogP contribution in [-0.4, -0.2) is 11.1 Å². The van der Waals surface area contributed by atoms with Gasteiger partial charge in [-0.05, 0) is 111 Å². The molecule has 1 N–H and O–H groups in total. The van der Waals surface area contributed by atoms with Crippen molar-refractivity contribution in [3.8, 4) is 5.75 Å². The predicted octanol–water partition coefficient (Wildman–Crippen LogP) is 9.11. The summed E-state index contributed by atoms with van der Waals surface area (Å²) in [7, 11) is 0. The number of hydrogen-bond donors (Lipinski definition) is 1. The lowest BCUT2D eigenvalue weighted by Gasteiger charge is -2.12. The molecule has 1 aliphatic rings. The molecule has 0 unspecified atom stereocenters. The highest BCUT2D eigenvalue weighted by molar-refractivity contribution is 9.10. The first kappa shape index (κ1) is 26.0. The first-order valence-electron chi connectivity index (χ1n) is 11.4. The van der Waals surface area contributed by atoms with Gasteiger partial charge in [0.2, 0.25) is 0 Å². The van der Waals surface area contributed by atoms with E-state index in [1.54, 1.807) is 12.1 Å². The Balaban J connectivity index is 1.32. The Morgan fingerprint density at radius 2 is 1.73 bits per heavy atom. The number of nitrogens with zero attached hydrogens (tertiary/aromatic N) is 1. The minimum atomic E-state index is -0.196. The number of fused-ring (bicyclic) bond motifs is 1. The minimum absolute atomic E-state index is 0.196. The van der Waals surface area contributed by atoms with Crippen LogP contribution in [-0.2, 0) is 11.4 Å². The smallest absolute Gasteiger partial charge is 0.264 e. The van der Waals surface area contributed by atoms with Gasteiger partial charge in [0.1, 0.15) is 6.61 Å². The molecule has 4 aromatic rings. The lowest BCUT2D eigenvalue weighted by Crippen LogP contribution is -2.19. The van der Waals surface area contributed by atoms with E-state index >= 15 is 0 Å². The van der Waals surface area contributed by atoms with Gasteiger partial charge in [0.15, 0.2) is 10.9 Å². The summed E-state index contributed by atoms with van der Waals surface area (Å²) in [5.74, 6) is 0.363. The van der Waals surface area contributed by atoms with Crippen molar-refractivity contribution >= 4 is 88.8 Å². The first-order valence-corrected chi connectivity index (χ1v) is 14.2. The number of halogens is 3. The third kappa shape index (κ3) is 5.96. The van der Waals surface area contributed by atoms with Gasteiger partial charge in [0.05, 0.1) is 20.1 Å². The van der Waals surface area contributed by atoms with Crippen LogP contribution in [0, 0.1) is 13.8 Å². The van der Waals surface area contributed by atoms with E-state index < -0.39 is 0 Å². The summed E-state index contributed by atoms with van der Waals surface area (Å²) >= 11 is 15.0. The number of amidine groups is 1. The predicted molar refractivity (Wildman–Crippen MR) is 162 cm³/mol. The van der Waals surface area contributed by atoms with E-state index in [9.17, 15) is 4.79 Å². The molecular formula is C29H21Br2ClN2O2S. The maximum absolute atomic E-state index is 12.6. The number of hydrogen-bond acceptors (Lipinski definition) is 4. The van der Waals surface area contributed by atoms with Gasteiger partial charge in [-0.2, -0.15) is 0 Å². The normalized spacial score (nSPS) is 15.5. The fraction of sp³-hybridized carbons (Fsp3) is 0.103. The van der Waals surface area contributed by atoms with Crippen molar-refractivity contribution in [3.05, 3.63) is 108 Å². The molecular weight excluding hydrogens is 636 g/mol. The number of aryl methyl sites for hydroxylation is 2. The number of thioether (sulfide) groups is 1. The number of ether oxygens (including phenoxy) is 1. The molecule has 1 amide bonds. The monoisotopic (exact) mass is 654 g/mol. The van der Waals surface area contributed by atoms with E-state index in [0.717, 1.165) is 37.8 Å². The number of benzene rings is 4. The number of nitrogens with one attached hydrogen (secondary N) is 1. The fourth-order valence-electron chi connectivity index (χ4n) is 4.02. The third-order valence-corrected chi connectivity index (χ3v) is 8.85. The summed E-state index contributed by atoms with van der Waals surface area (Å²) in [6, 6.07) is 22.1. The van der Waals surface area contributed by atoms with Gasteiger partial charge in [-0.15, -0.1) is 0 Å².